The Kier molecular flexibility index (Phi) is 5.04. The summed E-state index contributed by atoms with van der Waals surface area (Å²) in [6.45, 7) is 1.79. The predicted octanol–water partition coefficient (Wildman–Crippen LogP) is 3.01. The summed E-state index contributed by atoms with van der Waals surface area (Å²) >= 11 is 0. The van der Waals surface area contributed by atoms with Gasteiger partial charge in [-0.15, -0.1) is 0 Å². The molecule has 0 saturated carbocycles. The van der Waals surface area contributed by atoms with Gasteiger partial charge in [0, 0.05) is 11.8 Å². The summed E-state index contributed by atoms with van der Waals surface area (Å²) in [6.07, 6.45) is 2.12. The normalized spacial score (nSPS) is 10.8. The van der Waals surface area contributed by atoms with Crippen molar-refractivity contribution < 1.29 is 18.9 Å². The van der Waals surface area contributed by atoms with Gasteiger partial charge in [-0.2, -0.15) is 0 Å². The molecule has 0 bridgehead atoms. The first-order chi connectivity index (χ1) is 9.72. The van der Waals surface area contributed by atoms with Crippen LogP contribution in [-0.4, -0.2) is 16.4 Å². The Hall–Kier alpha value is -1.97. The standard InChI is InChI=1S/C14H14NO4P/c1-10-14(17)13(8-16)11(7-15-10)9-18-20-19-12-5-3-2-4-6-12/h2-8,17,20H,9H2,1H3. The topological polar surface area (TPSA) is 68.7 Å². The second kappa shape index (κ2) is 6.98. The van der Waals surface area contributed by atoms with Crippen molar-refractivity contribution >= 4 is 15.3 Å². The molecule has 0 amide bonds. The SMILES string of the molecule is Cc1ncc(COPOc2ccccc2)c(C=O)c1O. The number of aldehydes is 1. The van der Waals surface area contributed by atoms with Crippen molar-refractivity contribution in [3.8, 4) is 11.5 Å². The van der Waals surface area contributed by atoms with Crippen LogP contribution >= 0.6 is 9.03 Å². The minimum Gasteiger partial charge on any atom is -0.505 e. The minimum atomic E-state index is -0.198. The van der Waals surface area contributed by atoms with Crippen LogP contribution in [0.5, 0.6) is 11.5 Å². The second-order valence-corrected chi connectivity index (χ2v) is 4.70. The van der Waals surface area contributed by atoms with E-state index in [0.29, 0.717) is 23.3 Å². The third kappa shape index (κ3) is 3.53. The van der Waals surface area contributed by atoms with Crippen molar-refractivity contribution in [3.05, 3.63) is 53.3 Å². The van der Waals surface area contributed by atoms with Crippen LogP contribution in [0, 0.1) is 6.92 Å². The zero-order valence-corrected chi connectivity index (χ0v) is 11.9. The van der Waals surface area contributed by atoms with Crippen LogP contribution in [-0.2, 0) is 11.1 Å². The molecule has 0 radical (unpaired) electrons. The fourth-order valence-corrected chi connectivity index (χ4v) is 2.08. The molecule has 0 saturated heterocycles. The first-order valence-corrected chi connectivity index (χ1v) is 6.75. The lowest BCUT2D eigenvalue weighted by molar-refractivity contribution is 0.111. The van der Waals surface area contributed by atoms with E-state index in [9.17, 15) is 9.90 Å². The number of aromatic nitrogens is 1. The molecule has 1 aromatic heterocycles. The average Bonchev–Trinajstić information content (AvgIpc) is 2.48. The van der Waals surface area contributed by atoms with Crippen molar-refractivity contribution in [2.24, 2.45) is 0 Å². The molecule has 6 heteroatoms. The third-order valence-corrected chi connectivity index (χ3v) is 3.25. The number of aryl methyl sites for hydroxylation is 1. The second-order valence-electron chi connectivity index (χ2n) is 4.04. The lowest BCUT2D eigenvalue weighted by atomic mass is 10.1. The first-order valence-electron chi connectivity index (χ1n) is 5.93. The summed E-state index contributed by atoms with van der Waals surface area (Å²) < 4.78 is 10.7. The van der Waals surface area contributed by atoms with Crippen LogP contribution < -0.4 is 4.52 Å². The Bertz CT molecular complexity index is 589. The molecule has 0 aliphatic carbocycles. The maximum Gasteiger partial charge on any atom is 0.215 e. The summed E-state index contributed by atoms with van der Waals surface area (Å²) in [5, 5.41) is 9.73. The van der Waals surface area contributed by atoms with E-state index in [0.717, 1.165) is 0 Å². The van der Waals surface area contributed by atoms with Gasteiger partial charge in [0.25, 0.3) is 0 Å². The fraction of sp³-hybridized carbons (Fsp3) is 0.143. The van der Waals surface area contributed by atoms with Gasteiger partial charge >= 0.3 is 0 Å². The summed E-state index contributed by atoms with van der Waals surface area (Å²) in [5.74, 6) is 0.611. The number of hydrogen-bond donors (Lipinski definition) is 1. The lowest BCUT2D eigenvalue weighted by Crippen LogP contribution is -1.98. The van der Waals surface area contributed by atoms with Crippen LogP contribution in [0.3, 0.4) is 0 Å². The van der Waals surface area contributed by atoms with Gasteiger partial charge in [0.15, 0.2) is 6.29 Å². The quantitative estimate of drug-likeness (QED) is 0.503. The van der Waals surface area contributed by atoms with Gasteiger partial charge in [-0.05, 0) is 19.1 Å². The van der Waals surface area contributed by atoms with Gasteiger partial charge < -0.3 is 14.2 Å². The molecule has 1 atom stereocenters. The van der Waals surface area contributed by atoms with Gasteiger partial charge in [-0.1, -0.05) is 18.2 Å². The van der Waals surface area contributed by atoms with E-state index in [4.69, 9.17) is 9.05 Å². The van der Waals surface area contributed by atoms with E-state index in [-0.39, 0.29) is 27.0 Å². The van der Waals surface area contributed by atoms with Gasteiger partial charge in [0.2, 0.25) is 9.03 Å². The number of para-hydroxylation sites is 1. The number of pyridine rings is 1. The third-order valence-electron chi connectivity index (χ3n) is 2.66. The highest BCUT2D eigenvalue weighted by Crippen LogP contribution is 2.26. The number of carbonyl (C=O) groups is 1. The summed E-state index contributed by atoms with van der Waals surface area (Å²) in [5.41, 5.74) is 1.16. The monoisotopic (exact) mass is 291 g/mol. The molecule has 1 heterocycles. The molecule has 20 heavy (non-hydrogen) atoms. The number of aromatic hydroxyl groups is 1. The predicted molar refractivity (Wildman–Crippen MR) is 76.2 cm³/mol. The molecular weight excluding hydrogens is 277 g/mol. The van der Waals surface area contributed by atoms with Crippen molar-refractivity contribution in [2.45, 2.75) is 13.5 Å². The van der Waals surface area contributed by atoms with Crippen molar-refractivity contribution in [3.63, 3.8) is 0 Å². The molecule has 0 aliphatic rings. The Labute approximate surface area is 118 Å². The Balaban J connectivity index is 1.91. The van der Waals surface area contributed by atoms with Gasteiger partial charge in [-0.3, -0.25) is 9.78 Å². The minimum absolute atomic E-state index is 0.103. The summed E-state index contributed by atoms with van der Waals surface area (Å²) in [6, 6.07) is 9.28. The smallest absolute Gasteiger partial charge is 0.215 e. The average molecular weight is 291 g/mol. The highest BCUT2D eigenvalue weighted by Gasteiger charge is 2.11. The number of carbonyl (C=O) groups excluding carboxylic acids is 1. The number of nitrogens with zero attached hydrogens (tertiary/aromatic N) is 1. The van der Waals surface area contributed by atoms with E-state index >= 15 is 0 Å². The molecule has 5 nitrogen and oxygen atoms in total. The molecule has 104 valence electrons. The fourth-order valence-electron chi connectivity index (χ4n) is 1.57. The molecule has 1 unspecified atom stereocenters. The van der Waals surface area contributed by atoms with E-state index in [1.165, 1.54) is 6.20 Å². The van der Waals surface area contributed by atoms with Crippen molar-refractivity contribution in [2.75, 3.05) is 0 Å². The molecule has 0 aliphatic heterocycles. The van der Waals surface area contributed by atoms with Crippen LogP contribution in [0.15, 0.2) is 36.5 Å². The molecule has 1 N–H and O–H groups in total. The van der Waals surface area contributed by atoms with E-state index < -0.39 is 0 Å². The van der Waals surface area contributed by atoms with Crippen LogP contribution in [0.1, 0.15) is 21.6 Å². The van der Waals surface area contributed by atoms with E-state index in [2.05, 4.69) is 4.98 Å². The zero-order valence-electron chi connectivity index (χ0n) is 10.9. The summed E-state index contributed by atoms with van der Waals surface area (Å²) in [7, 11) is -0.198. The van der Waals surface area contributed by atoms with Gasteiger partial charge in [0.1, 0.15) is 11.5 Å². The van der Waals surface area contributed by atoms with Crippen molar-refractivity contribution in [1.82, 2.24) is 4.98 Å². The number of benzene rings is 1. The Morgan fingerprint density at radius 3 is 2.80 bits per heavy atom. The lowest BCUT2D eigenvalue weighted by Gasteiger charge is -2.09. The molecule has 2 rings (SSSR count). The van der Waals surface area contributed by atoms with E-state index in [1.807, 2.05) is 30.3 Å². The number of rotatable bonds is 6. The first kappa shape index (κ1) is 14.4. The molecule has 1 aromatic carbocycles. The maximum atomic E-state index is 11.0. The molecule has 0 fully saturated rings. The largest absolute Gasteiger partial charge is 0.505 e. The zero-order chi connectivity index (χ0) is 14.4. The van der Waals surface area contributed by atoms with Crippen LogP contribution in [0.25, 0.3) is 0 Å². The molecule has 2 aromatic rings. The Morgan fingerprint density at radius 2 is 2.10 bits per heavy atom. The summed E-state index contributed by atoms with van der Waals surface area (Å²) in [4.78, 5) is 15.0. The van der Waals surface area contributed by atoms with Crippen LogP contribution in [0.4, 0.5) is 0 Å². The van der Waals surface area contributed by atoms with E-state index in [1.54, 1.807) is 6.92 Å². The highest BCUT2D eigenvalue weighted by atomic mass is 31.1. The van der Waals surface area contributed by atoms with Crippen LogP contribution in [0.2, 0.25) is 0 Å². The molecular formula is C14H14NO4P. The molecule has 0 spiro atoms. The van der Waals surface area contributed by atoms with Gasteiger partial charge in [0.05, 0.1) is 17.9 Å². The highest BCUT2D eigenvalue weighted by molar-refractivity contribution is 7.26. The number of hydrogen-bond acceptors (Lipinski definition) is 5. The Morgan fingerprint density at radius 1 is 1.35 bits per heavy atom. The maximum absolute atomic E-state index is 11.0. The van der Waals surface area contributed by atoms with Gasteiger partial charge in [-0.25, -0.2) is 0 Å². The van der Waals surface area contributed by atoms with Crippen molar-refractivity contribution in [1.29, 1.82) is 0 Å².